The normalized spacial score (nSPS) is 41.3. The SMILES string of the molecule is C[C@H](OCC1OC1(C)C)[C@H]1CC[C@H]2[C@@H]3CC=C4C[C@@H](O[Si](C)(C)C(C)(C)C)C[C@H](O[Si](C)(C)C(C)(C)C)[C@]4(C)[C@H]3CC[C@]12C. The van der Waals surface area contributed by atoms with Gasteiger partial charge in [-0.1, -0.05) is 67.0 Å². The van der Waals surface area contributed by atoms with E-state index in [0.29, 0.717) is 23.4 Å². The molecule has 10 atom stereocenters. The third kappa shape index (κ3) is 6.06. The van der Waals surface area contributed by atoms with Crippen molar-refractivity contribution in [3.05, 3.63) is 11.6 Å². The van der Waals surface area contributed by atoms with E-state index in [9.17, 15) is 0 Å². The van der Waals surface area contributed by atoms with E-state index >= 15 is 0 Å². The Kier molecular flexibility index (Phi) is 9.06. The molecule has 3 saturated carbocycles. The highest BCUT2D eigenvalue weighted by molar-refractivity contribution is 6.74. The lowest BCUT2D eigenvalue weighted by Crippen LogP contribution is -2.60. The van der Waals surface area contributed by atoms with E-state index in [1.54, 1.807) is 5.57 Å². The molecule has 0 bridgehead atoms. The van der Waals surface area contributed by atoms with Crippen LogP contribution in [-0.4, -0.2) is 53.3 Å². The Morgan fingerprint density at radius 3 is 2.05 bits per heavy atom. The van der Waals surface area contributed by atoms with Crippen LogP contribution in [0.1, 0.15) is 121 Å². The van der Waals surface area contributed by atoms with Crippen LogP contribution in [0.2, 0.25) is 36.3 Å². The second kappa shape index (κ2) is 11.3. The van der Waals surface area contributed by atoms with Gasteiger partial charge in [-0.25, -0.2) is 0 Å². The van der Waals surface area contributed by atoms with Crippen molar-refractivity contribution in [2.24, 2.45) is 34.5 Å². The molecule has 1 heterocycles. The zero-order chi connectivity index (χ0) is 32.9. The van der Waals surface area contributed by atoms with Gasteiger partial charge in [-0.2, -0.15) is 0 Å². The quantitative estimate of drug-likeness (QED) is 0.149. The first-order chi connectivity index (χ1) is 19.9. The highest BCUT2D eigenvalue weighted by Crippen LogP contribution is 2.67. The van der Waals surface area contributed by atoms with E-state index in [-0.39, 0.29) is 39.4 Å². The van der Waals surface area contributed by atoms with Crippen molar-refractivity contribution in [3.8, 4) is 0 Å². The number of ether oxygens (including phenoxy) is 2. The van der Waals surface area contributed by atoms with Crippen molar-refractivity contribution in [1.29, 1.82) is 0 Å². The van der Waals surface area contributed by atoms with Gasteiger partial charge in [0.15, 0.2) is 16.6 Å². The van der Waals surface area contributed by atoms with Gasteiger partial charge in [0.1, 0.15) is 6.10 Å². The second-order valence-electron chi connectivity index (χ2n) is 19.9. The lowest BCUT2D eigenvalue weighted by atomic mass is 9.46. The minimum atomic E-state index is -1.99. The van der Waals surface area contributed by atoms with E-state index in [1.165, 1.54) is 32.1 Å². The first kappa shape index (κ1) is 35.3. The molecular formula is C38H70O4Si2. The average molecular weight is 647 g/mol. The summed E-state index contributed by atoms with van der Waals surface area (Å²) in [5, 5.41) is 0.403. The number of fused-ring (bicyclic) bond motifs is 5. The number of epoxide rings is 1. The highest BCUT2D eigenvalue weighted by atomic mass is 28.4. The second-order valence-corrected chi connectivity index (χ2v) is 29.4. The molecule has 0 aromatic carbocycles. The zero-order valence-electron chi connectivity index (χ0n) is 31.5. The van der Waals surface area contributed by atoms with Crippen molar-refractivity contribution in [3.63, 3.8) is 0 Å². The van der Waals surface area contributed by atoms with Crippen LogP contribution in [0.15, 0.2) is 11.6 Å². The molecule has 4 fully saturated rings. The van der Waals surface area contributed by atoms with E-state index in [1.807, 2.05) is 0 Å². The molecule has 0 amide bonds. The van der Waals surface area contributed by atoms with Crippen LogP contribution >= 0.6 is 0 Å². The van der Waals surface area contributed by atoms with E-state index in [2.05, 4.69) is 108 Å². The maximum Gasteiger partial charge on any atom is 0.192 e. The first-order valence-electron chi connectivity index (χ1n) is 18.3. The summed E-state index contributed by atoms with van der Waals surface area (Å²) in [5.74, 6) is 2.85. The standard InChI is InChI=1S/C38H70O4Si2/c1-25(39-24-33-36(8,9)40-33)29-18-19-30-28-17-16-26-22-27(41-43(12,13)34(2,3)4)23-32(42-44(14,15)35(5,6)7)38(26,11)31(28)20-21-37(29,30)10/h16,25,27-33H,17-24H2,1-15H3/t25-,27+,28-,29+,30-,31-,32-,33?,37+,38-/m0/s1. The van der Waals surface area contributed by atoms with E-state index in [4.69, 9.17) is 18.3 Å². The number of hydrogen-bond donors (Lipinski definition) is 0. The predicted molar refractivity (Wildman–Crippen MR) is 189 cm³/mol. The molecule has 5 rings (SSSR count). The summed E-state index contributed by atoms with van der Waals surface area (Å²) in [6.07, 6.45) is 12.4. The molecule has 0 aromatic rings. The maximum atomic E-state index is 7.57. The van der Waals surface area contributed by atoms with Gasteiger partial charge in [0, 0.05) is 5.41 Å². The Hall–Kier alpha value is 0.0138. The lowest BCUT2D eigenvalue weighted by molar-refractivity contribution is -0.111. The van der Waals surface area contributed by atoms with Crippen molar-refractivity contribution in [1.82, 2.24) is 0 Å². The van der Waals surface area contributed by atoms with Crippen LogP contribution in [0.5, 0.6) is 0 Å². The lowest BCUT2D eigenvalue weighted by Gasteiger charge is -2.62. The molecule has 0 N–H and O–H groups in total. The summed E-state index contributed by atoms with van der Waals surface area (Å²) in [6.45, 7) is 36.8. The fourth-order valence-electron chi connectivity index (χ4n) is 9.78. The molecule has 6 heteroatoms. The van der Waals surface area contributed by atoms with Gasteiger partial charge < -0.3 is 18.3 Å². The number of rotatable bonds is 8. The van der Waals surface area contributed by atoms with Crippen LogP contribution < -0.4 is 0 Å². The Balaban J connectivity index is 1.41. The van der Waals surface area contributed by atoms with Crippen molar-refractivity contribution in [2.45, 2.75) is 187 Å². The fourth-order valence-corrected chi connectivity index (χ4v) is 12.6. The number of allylic oxidation sites excluding steroid dienone is 1. The molecule has 1 aliphatic heterocycles. The van der Waals surface area contributed by atoms with Gasteiger partial charge in [0.25, 0.3) is 0 Å². The van der Waals surface area contributed by atoms with Gasteiger partial charge >= 0.3 is 0 Å². The molecule has 4 aliphatic carbocycles. The van der Waals surface area contributed by atoms with Crippen LogP contribution in [0.3, 0.4) is 0 Å². The third-order valence-electron chi connectivity index (χ3n) is 15.0. The van der Waals surface area contributed by atoms with E-state index in [0.717, 1.165) is 31.3 Å². The largest absolute Gasteiger partial charge is 0.414 e. The van der Waals surface area contributed by atoms with Gasteiger partial charge in [0.05, 0.1) is 30.5 Å². The molecule has 4 nitrogen and oxygen atoms in total. The fraction of sp³-hybridized carbons (Fsp3) is 0.947. The maximum absolute atomic E-state index is 7.57. The molecule has 0 radical (unpaired) electrons. The van der Waals surface area contributed by atoms with Crippen molar-refractivity contribution in [2.75, 3.05) is 6.61 Å². The molecule has 1 unspecified atom stereocenters. The smallest absolute Gasteiger partial charge is 0.192 e. The summed E-state index contributed by atoms with van der Waals surface area (Å²) in [4.78, 5) is 0. The van der Waals surface area contributed by atoms with Crippen LogP contribution in [0.4, 0.5) is 0 Å². The minimum Gasteiger partial charge on any atom is -0.414 e. The van der Waals surface area contributed by atoms with Gasteiger partial charge in [-0.05, 0) is 131 Å². The van der Waals surface area contributed by atoms with Crippen LogP contribution in [0.25, 0.3) is 0 Å². The summed E-state index contributed by atoms with van der Waals surface area (Å²) in [6, 6.07) is 0. The van der Waals surface area contributed by atoms with Crippen molar-refractivity contribution < 1.29 is 18.3 Å². The Morgan fingerprint density at radius 2 is 1.48 bits per heavy atom. The van der Waals surface area contributed by atoms with E-state index < -0.39 is 16.6 Å². The first-order valence-corrected chi connectivity index (χ1v) is 24.1. The van der Waals surface area contributed by atoms with Gasteiger partial charge in [0.2, 0.25) is 0 Å². The summed E-state index contributed by atoms with van der Waals surface area (Å²) >= 11 is 0. The Labute approximate surface area is 274 Å². The minimum absolute atomic E-state index is 0.000764. The average Bonchev–Trinajstić information content (AvgIpc) is 3.32. The highest BCUT2D eigenvalue weighted by Gasteiger charge is 2.63. The molecule has 0 spiro atoms. The Bertz CT molecular complexity index is 1100. The monoisotopic (exact) mass is 646 g/mol. The predicted octanol–water partition coefficient (Wildman–Crippen LogP) is 10.5. The molecule has 1 saturated heterocycles. The summed E-state index contributed by atoms with van der Waals surface area (Å²) < 4.78 is 27.2. The van der Waals surface area contributed by atoms with Crippen molar-refractivity contribution >= 4 is 16.6 Å². The molecule has 44 heavy (non-hydrogen) atoms. The molecule has 254 valence electrons. The summed E-state index contributed by atoms with van der Waals surface area (Å²) in [5.41, 5.74) is 2.13. The number of hydrogen-bond acceptors (Lipinski definition) is 4. The topological polar surface area (TPSA) is 40.2 Å². The Morgan fingerprint density at radius 1 is 0.886 bits per heavy atom. The van der Waals surface area contributed by atoms with Crippen LogP contribution in [0, 0.1) is 34.5 Å². The zero-order valence-corrected chi connectivity index (χ0v) is 33.5. The third-order valence-corrected chi connectivity index (χ3v) is 24.0. The van der Waals surface area contributed by atoms with Gasteiger partial charge in [-0.3, -0.25) is 0 Å². The molecule has 0 aromatic heterocycles. The van der Waals surface area contributed by atoms with Crippen LogP contribution in [-0.2, 0) is 18.3 Å². The van der Waals surface area contributed by atoms with Gasteiger partial charge in [-0.15, -0.1) is 0 Å². The summed E-state index contributed by atoms with van der Waals surface area (Å²) in [7, 11) is -3.87. The molecule has 5 aliphatic rings. The molecular weight excluding hydrogens is 577 g/mol.